The number of hydrogen-bond donors (Lipinski definition) is 1. The van der Waals surface area contributed by atoms with Crippen LogP contribution in [0.2, 0.25) is 39.3 Å². The minimum absolute atomic E-state index is 0. The molecule has 0 amide bonds. The van der Waals surface area contributed by atoms with Gasteiger partial charge in [-0.05, 0) is 0 Å². The molecule has 0 aliphatic carbocycles. The fourth-order valence-corrected chi connectivity index (χ4v) is 10.1. The fraction of sp³-hybridized carbons (Fsp3) is 1.00. The monoisotopic (exact) mass is 369 g/mol. The first-order chi connectivity index (χ1) is 3.71. The van der Waals surface area contributed by atoms with Crippen LogP contribution in [0.25, 0.3) is 0 Å². The summed E-state index contributed by atoms with van der Waals surface area (Å²) in [4.78, 5) is 0. The second-order valence-electron chi connectivity index (χ2n) is 4.62. The molecule has 0 heterocycles. The van der Waals surface area contributed by atoms with Crippen molar-refractivity contribution < 1.29 is 0 Å². The predicted octanol–water partition coefficient (Wildman–Crippen LogP) is 1.86. The number of rotatable bonds is 2. The molecule has 0 spiro atoms. The van der Waals surface area contributed by atoms with Crippen molar-refractivity contribution in [2.24, 2.45) is 0 Å². The van der Waals surface area contributed by atoms with Gasteiger partial charge < -0.3 is 4.65 Å². The SMILES string of the molecule is C[Si](C)(C)N[Si](C)(C)C.[Pb]. The first kappa shape index (κ1) is 13.9. The molecule has 1 nitrogen and oxygen atoms in total. The summed E-state index contributed by atoms with van der Waals surface area (Å²) in [5.74, 6) is 0. The van der Waals surface area contributed by atoms with Crippen LogP contribution >= 0.6 is 0 Å². The smallest absolute Gasteiger partial charge is 0.109 e. The van der Waals surface area contributed by atoms with E-state index < -0.39 is 16.5 Å². The van der Waals surface area contributed by atoms with Crippen LogP contribution in [-0.2, 0) is 0 Å². The van der Waals surface area contributed by atoms with Crippen LogP contribution in [0.3, 0.4) is 0 Å². The molecule has 0 unspecified atom stereocenters. The third kappa shape index (κ3) is 12.0. The van der Waals surface area contributed by atoms with Crippen molar-refractivity contribution in [3.63, 3.8) is 0 Å². The predicted molar refractivity (Wildman–Crippen MR) is 55.6 cm³/mol. The average Bonchev–Trinajstić information content (AvgIpc) is 1.14. The van der Waals surface area contributed by atoms with E-state index in [0.29, 0.717) is 0 Å². The molecule has 0 aromatic heterocycles. The van der Waals surface area contributed by atoms with E-state index in [4.69, 9.17) is 0 Å². The largest absolute Gasteiger partial charge is 0.360 e. The average molecular weight is 369 g/mol. The summed E-state index contributed by atoms with van der Waals surface area (Å²) in [6.45, 7) is 14.1. The van der Waals surface area contributed by atoms with Crippen LogP contribution in [0.1, 0.15) is 0 Å². The van der Waals surface area contributed by atoms with Crippen LogP contribution in [0.15, 0.2) is 0 Å². The Hall–Kier alpha value is 1.32. The van der Waals surface area contributed by atoms with Crippen molar-refractivity contribution >= 4 is 43.8 Å². The molecule has 0 saturated heterocycles. The van der Waals surface area contributed by atoms with Crippen molar-refractivity contribution in [2.75, 3.05) is 0 Å². The summed E-state index contributed by atoms with van der Waals surface area (Å²) in [5.41, 5.74) is 0. The van der Waals surface area contributed by atoms with Crippen LogP contribution < -0.4 is 4.65 Å². The van der Waals surface area contributed by atoms with Crippen molar-refractivity contribution in [1.29, 1.82) is 0 Å². The van der Waals surface area contributed by atoms with Gasteiger partial charge in [0.15, 0.2) is 0 Å². The Bertz CT molecular complexity index is 80.9. The van der Waals surface area contributed by atoms with E-state index in [1.165, 1.54) is 0 Å². The van der Waals surface area contributed by atoms with Crippen molar-refractivity contribution in [3.8, 4) is 0 Å². The molecular weight excluding hydrogens is 349 g/mol. The van der Waals surface area contributed by atoms with Crippen molar-refractivity contribution in [1.82, 2.24) is 4.65 Å². The molecule has 0 fully saturated rings. The summed E-state index contributed by atoms with van der Waals surface area (Å²) in [5, 5.41) is 0. The van der Waals surface area contributed by atoms with Gasteiger partial charge in [-0.15, -0.1) is 0 Å². The van der Waals surface area contributed by atoms with E-state index in [-0.39, 0.29) is 27.3 Å². The molecular formula is C6H19NPbSi2. The molecule has 0 atom stereocenters. The second-order valence-corrected chi connectivity index (χ2v) is 14.6. The first-order valence-corrected chi connectivity index (χ1v) is 10.5. The summed E-state index contributed by atoms with van der Waals surface area (Å²) in [7, 11) is -1.96. The van der Waals surface area contributed by atoms with Crippen LogP contribution in [0, 0.1) is 0 Å². The topological polar surface area (TPSA) is 12.0 Å². The maximum atomic E-state index is 3.74. The Morgan fingerprint density at radius 2 is 0.900 bits per heavy atom. The van der Waals surface area contributed by atoms with Gasteiger partial charge in [-0.25, -0.2) is 0 Å². The second kappa shape index (κ2) is 4.37. The van der Waals surface area contributed by atoms with E-state index in [1.54, 1.807) is 0 Å². The van der Waals surface area contributed by atoms with E-state index in [9.17, 15) is 0 Å². The van der Waals surface area contributed by atoms with Gasteiger partial charge in [-0.3, -0.25) is 0 Å². The molecule has 0 aliphatic rings. The summed E-state index contributed by atoms with van der Waals surface area (Å²) >= 11 is 0. The summed E-state index contributed by atoms with van der Waals surface area (Å²) in [6, 6.07) is 0. The molecule has 10 heavy (non-hydrogen) atoms. The summed E-state index contributed by atoms with van der Waals surface area (Å²) < 4.78 is 3.74. The van der Waals surface area contributed by atoms with Gasteiger partial charge in [0, 0.05) is 27.3 Å². The third-order valence-corrected chi connectivity index (χ3v) is 6.75. The van der Waals surface area contributed by atoms with Gasteiger partial charge in [0.25, 0.3) is 0 Å². The van der Waals surface area contributed by atoms with Gasteiger partial charge in [0.1, 0.15) is 16.5 Å². The Morgan fingerprint density at radius 3 is 0.900 bits per heavy atom. The van der Waals surface area contributed by atoms with E-state index in [1.807, 2.05) is 0 Å². The van der Waals surface area contributed by atoms with E-state index in [0.717, 1.165) is 0 Å². The Labute approximate surface area is 87.3 Å². The number of hydrogen-bond acceptors (Lipinski definition) is 1. The van der Waals surface area contributed by atoms with Crippen molar-refractivity contribution in [2.45, 2.75) is 39.3 Å². The number of nitrogens with one attached hydrogen (secondary N) is 1. The van der Waals surface area contributed by atoms with Gasteiger partial charge in [0.2, 0.25) is 0 Å². The Morgan fingerprint density at radius 1 is 0.700 bits per heavy atom. The maximum Gasteiger partial charge on any atom is 0.109 e. The molecule has 0 aromatic rings. The molecule has 1 N–H and O–H groups in total. The van der Waals surface area contributed by atoms with E-state index in [2.05, 4.69) is 43.9 Å². The van der Waals surface area contributed by atoms with Crippen LogP contribution in [-0.4, -0.2) is 43.8 Å². The maximum absolute atomic E-state index is 3.74. The molecule has 4 heteroatoms. The Kier molecular flexibility index (Phi) is 6.06. The third-order valence-electron chi connectivity index (χ3n) is 0.750. The Balaban J connectivity index is 0. The van der Waals surface area contributed by atoms with E-state index >= 15 is 0 Å². The molecule has 0 rings (SSSR count). The minimum Gasteiger partial charge on any atom is -0.360 e. The zero-order valence-corrected chi connectivity index (χ0v) is 13.9. The van der Waals surface area contributed by atoms with Crippen LogP contribution in [0.5, 0.6) is 0 Å². The molecule has 0 aliphatic heterocycles. The molecule has 0 saturated carbocycles. The van der Waals surface area contributed by atoms with Gasteiger partial charge in [-0.1, -0.05) is 39.3 Å². The zero-order valence-electron chi connectivity index (χ0n) is 8.00. The molecule has 0 aromatic carbocycles. The first-order valence-electron chi connectivity index (χ1n) is 3.50. The van der Waals surface area contributed by atoms with Gasteiger partial charge in [-0.2, -0.15) is 0 Å². The zero-order chi connectivity index (χ0) is 7.71. The van der Waals surface area contributed by atoms with Gasteiger partial charge >= 0.3 is 0 Å². The normalized spacial score (nSPS) is 12.6. The van der Waals surface area contributed by atoms with Gasteiger partial charge in [0.05, 0.1) is 0 Å². The van der Waals surface area contributed by atoms with Crippen LogP contribution in [0.4, 0.5) is 0 Å². The molecule has 60 valence electrons. The fourth-order valence-electron chi connectivity index (χ4n) is 1.12. The molecule has 4 radical (unpaired) electrons. The van der Waals surface area contributed by atoms with Crippen molar-refractivity contribution in [3.05, 3.63) is 0 Å². The minimum atomic E-state index is -0.981. The molecule has 0 bridgehead atoms. The quantitative estimate of drug-likeness (QED) is 0.734. The standard InChI is InChI=1S/C6H19NSi2.Pb/c1-8(2,3)7-9(4,5)6;/h7H,1-6H3;. The summed E-state index contributed by atoms with van der Waals surface area (Å²) in [6.07, 6.45) is 0.